The van der Waals surface area contributed by atoms with E-state index in [1.165, 1.54) is 6.92 Å². The third kappa shape index (κ3) is 1.58. The van der Waals surface area contributed by atoms with E-state index in [0.29, 0.717) is 11.3 Å². The van der Waals surface area contributed by atoms with Gasteiger partial charge in [0.05, 0.1) is 0 Å². The Morgan fingerprint density at radius 2 is 2.09 bits per heavy atom. The van der Waals surface area contributed by atoms with Crippen LogP contribution in [-0.4, -0.2) is 5.78 Å². The Balaban J connectivity index is 3.23. The normalized spacial score (nSPS) is 9.64. The molecule has 0 aliphatic heterocycles. The van der Waals surface area contributed by atoms with Crippen LogP contribution in [0.2, 0.25) is 0 Å². The lowest BCUT2D eigenvalue weighted by molar-refractivity contribution is 0.101. The van der Waals surface area contributed by atoms with Gasteiger partial charge in [-0.2, -0.15) is 0 Å². The molecule has 58 valence electrons. The summed E-state index contributed by atoms with van der Waals surface area (Å²) in [5.41, 5.74) is 7.80. The highest BCUT2D eigenvalue weighted by Crippen LogP contribution is 2.13. The summed E-state index contributed by atoms with van der Waals surface area (Å²) in [6.07, 6.45) is 0. The van der Waals surface area contributed by atoms with Crippen LogP contribution in [0.25, 0.3) is 0 Å². The van der Waals surface area contributed by atoms with Crippen LogP contribution in [0.1, 0.15) is 22.8 Å². The van der Waals surface area contributed by atoms with Crippen molar-refractivity contribution in [3.63, 3.8) is 0 Å². The van der Waals surface area contributed by atoms with Crippen LogP contribution in [0.15, 0.2) is 18.2 Å². The molecule has 0 aromatic heterocycles. The molecule has 2 heteroatoms. The highest BCUT2D eigenvalue weighted by molar-refractivity contribution is 5.99. The molecule has 1 rings (SSSR count). The first-order chi connectivity index (χ1) is 5.11. The lowest BCUT2D eigenvalue weighted by Crippen LogP contribution is -1.99. The highest BCUT2D eigenvalue weighted by atomic mass is 16.1. The van der Waals surface area contributed by atoms with Crippen LogP contribution >= 0.6 is 0 Å². The Labute approximate surface area is 66.0 Å². The number of carbonyl (C=O) groups is 1. The van der Waals surface area contributed by atoms with Gasteiger partial charge < -0.3 is 5.73 Å². The second kappa shape index (κ2) is 2.74. The number of nitrogens with two attached hydrogens (primary N) is 1. The third-order valence-electron chi connectivity index (χ3n) is 1.59. The molecule has 0 radical (unpaired) electrons. The van der Waals surface area contributed by atoms with Gasteiger partial charge in [-0.1, -0.05) is 11.6 Å². The van der Waals surface area contributed by atoms with Gasteiger partial charge in [0.2, 0.25) is 0 Å². The van der Waals surface area contributed by atoms with Gasteiger partial charge in [-0.05, 0) is 26.0 Å². The van der Waals surface area contributed by atoms with Gasteiger partial charge in [0, 0.05) is 11.3 Å². The summed E-state index contributed by atoms with van der Waals surface area (Å²) in [6, 6.07) is 5.45. The average molecular weight is 149 g/mol. The van der Waals surface area contributed by atoms with Gasteiger partial charge in [0.15, 0.2) is 5.78 Å². The first-order valence-corrected chi connectivity index (χ1v) is 3.48. The highest BCUT2D eigenvalue weighted by Gasteiger charge is 2.02. The summed E-state index contributed by atoms with van der Waals surface area (Å²) in [5.74, 6) is 0.0196. The molecule has 11 heavy (non-hydrogen) atoms. The van der Waals surface area contributed by atoms with E-state index in [4.69, 9.17) is 5.73 Å². The van der Waals surface area contributed by atoms with E-state index < -0.39 is 0 Å². The van der Waals surface area contributed by atoms with Gasteiger partial charge >= 0.3 is 0 Å². The Bertz CT molecular complexity index is 292. The molecule has 1 aromatic carbocycles. The largest absolute Gasteiger partial charge is 0.398 e. The fourth-order valence-electron chi connectivity index (χ4n) is 0.975. The van der Waals surface area contributed by atoms with E-state index in [1.54, 1.807) is 12.1 Å². The molecular formula is C9H11NO. The summed E-state index contributed by atoms with van der Waals surface area (Å²) in [6.45, 7) is 3.46. The minimum Gasteiger partial charge on any atom is -0.398 e. The number of anilines is 1. The van der Waals surface area contributed by atoms with Crippen molar-refractivity contribution in [3.8, 4) is 0 Å². The molecule has 2 N–H and O–H groups in total. The number of hydrogen-bond acceptors (Lipinski definition) is 2. The van der Waals surface area contributed by atoms with Crippen molar-refractivity contribution in [3.05, 3.63) is 29.3 Å². The predicted molar refractivity (Wildman–Crippen MR) is 45.6 cm³/mol. The van der Waals surface area contributed by atoms with E-state index in [1.807, 2.05) is 13.0 Å². The van der Waals surface area contributed by atoms with Crippen molar-refractivity contribution in [1.29, 1.82) is 0 Å². The summed E-state index contributed by atoms with van der Waals surface area (Å²) in [5, 5.41) is 0. The lowest BCUT2D eigenvalue weighted by Gasteiger charge is -2.01. The Kier molecular flexibility index (Phi) is 1.94. The minimum atomic E-state index is 0.0196. The molecule has 0 aliphatic carbocycles. The number of rotatable bonds is 1. The molecular weight excluding hydrogens is 138 g/mol. The zero-order chi connectivity index (χ0) is 8.43. The summed E-state index contributed by atoms with van der Waals surface area (Å²) >= 11 is 0. The third-order valence-corrected chi connectivity index (χ3v) is 1.59. The fraction of sp³-hybridized carbons (Fsp3) is 0.222. The van der Waals surface area contributed by atoms with Crippen molar-refractivity contribution in [2.24, 2.45) is 0 Å². The van der Waals surface area contributed by atoms with Crippen molar-refractivity contribution in [2.45, 2.75) is 13.8 Å². The maximum atomic E-state index is 10.9. The van der Waals surface area contributed by atoms with E-state index in [2.05, 4.69) is 0 Å². The van der Waals surface area contributed by atoms with Crippen molar-refractivity contribution in [1.82, 2.24) is 0 Å². The Hall–Kier alpha value is -1.31. The summed E-state index contributed by atoms with van der Waals surface area (Å²) in [7, 11) is 0. The summed E-state index contributed by atoms with van der Waals surface area (Å²) < 4.78 is 0. The maximum Gasteiger partial charge on any atom is 0.161 e. The number of ketones is 1. The van der Waals surface area contributed by atoms with Crippen LogP contribution in [0.5, 0.6) is 0 Å². The number of carbonyl (C=O) groups excluding carboxylic acids is 1. The zero-order valence-electron chi connectivity index (χ0n) is 6.72. The summed E-state index contributed by atoms with van der Waals surface area (Å²) in [4.78, 5) is 10.9. The zero-order valence-corrected chi connectivity index (χ0v) is 6.72. The van der Waals surface area contributed by atoms with Crippen LogP contribution in [0.3, 0.4) is 0 Å². The van der Waals surface area contributed by atoms with Crippen molar-refractivity contribution < 1.29 is 4.79 Å². The van der Waals surface area contributed by atoms with Gasteiger partial charge in [0.1, 0.15) is 0 Å². The van der Waals surface area contributed by atoms with Gasteiger partial charge in [-0.15, -0.1) is 0 Å². The molecule has 0 atom stereocenters. The van der Waals surface area contributed by atoms with E-state index >= 15 is 0 Å². The smallest absolute Gasteiger partial charge is 0.161 e. The first-order valence-electron chi connectivity index (χ1n) is 3.48. The van der Waals surface area contributed by atoms with Gasteiger partial charge in [-0.25, -0.2) is 0 Å². The number of nitrogen functional groups attached to an aromatic ring is 1. The van der Waals surface area contributed by atoms with Crippen molar-refractivity contribution >= 4 is 11.5 Å². The second-order valence-electron chi connectivity index (χ2n) is 2.65. The van der Waals surface area contributed by atoms with Crippen LogP contribution < -0.4 is 5.73 Å². The molecule has 0 amide bonds. The van der Waals surface area contributed by atoms with Crippen LogP contribution in [0.4, 0.5) is 5.69 Å². The standard InChI is InChI=1S/C9H11NO/c1-6-3-4-9(10)8(5-6)7(2)11/h3-5H,10H2,1-2H3. The molecule has 0 fully saturated rings. The van der Waals surface area contributed by atoms with Crippen molar-refractivity contribution in [2.75, 3.05) is 5.73 Å². The second-order valence-corrected chi connectivity index (χ2v) is 2.65. The SMILES string of the molecule is CC(=O)c1cc(C)ccc1N. The Morgan fingerprint density at radius 3 is 2.55 bits per heavy atom. The molecule has 0 unspecified atom stereocenters. The molecule has 0 spiro atoms. The number of aryl methyl sites for hydroxylation is 1. The number of hydrogen-bond donors (Lipinski definition) is 1. The monoisotopic (exact) mass is 149 g/mol. The number of Topliss-reactive ketones (excluding diaryl/α,β-unsaturated/α-hetero) is 1. The fourth-order valence-corrected chi connectivity index (χ4v) is 0.975. The number of benzene rings is 1. The van der Waals surface area contributed by atoms with Gasteiger partial charge in [-0.3, -0.25) is 4.79 Å². The lowest BCUT2D eigenvalue weighted by atomic mass is 10.1. The average Bonchev–Trinajstić information content (AvgIpc) is 1.94. The molecule has 2 nitrogen and oxygen atoms in total. The van der Waals surface area contributed by atoms with Crippen LogP contribution in [0, 0.1) is 6.92 Å². The first kappa shape index (κ1) is 7.79. The minimum absolute atomic E-state index is 0.0196. The van der Waals surface area contributed by atoms with E-state index in [-0.39, 0.29) is 5.78 Å². The predicted octanol–water partition coefficient (Wildman–Crippen LogP) is 1.78. The molecule has 0 heterocycles. The molecule has 0 aliphatic rings. The van der Waals surface area contributed by atoms with Crippen LogP contribution in [-0.2, 0) is 0 Å². The Morgan fingerprint density at radius 1 is 1.45 bits per heavy atom. The molecule has 0 bridgehead atoms. The maximum absolute atomic E-state index is 10.9. The topological polar surface area (TPSA) is 43.1 Å². The van der Waals surface area contributed by atoms with E-state index in [9.17, 15) is 4.79 Å². The van der Waals surface area contributed by atoms with Gasteiger partial charge in [0.25, 0.3) is 0 Å². The molecule has 0 saturated heterocycles. The molecule has 0 saturated carbocycles. The van der Waals surface area contributed by atoms with E-state index in [0.717, 1.165) is 5.56 Å². The quantitative estimate of drug-likeness (QED) is 0.488. The molecule has 1 aromatic rings.